The monoisotopic (exact) mass is 518 g/mol. The highest BCUT2D eigenvalue weighted by atomic mass is 19.1. The van der Waals surface area contributed by atoms with Crippen molar-refractivity contribution in [2.24, 2.45) is 11.3 Å². The lowest BCUT2D eigenvalue weighted by molar-refractivity contribution is -0.141. The van der Waals surface area contributed by atoms with E-state index in [0.717, 1.165) is 53.7 Å². The molecule has 3 aromatic rings. The first-order valence-corrected chi connectivity index (χ1v) is 13.5. The Morgan fingerprint density at radius 3 is 2.47 bits per heavy atom. The summed E-state index contributed by atoms with van der Waals surface area (Å²) in [5.74, 6) is 1.65. The van der Waals surface area contributed by atoms with E-state index in [1.165, 1.54) is 13.2 Å². The molecule has 5 heteroatoms. The van der Waals surface area contributed by atoms with E-state index in [4.69, 9.17) is 14.2 Å². The maximum Gasteiger partial charge on any atom is 0.306 e. The van der Waals surface area contributed by atoms with Gasteiger partial charge >= 0.3 is 5.97 Å². The third-order valence-electron chi connectivity index (χ3n) is 7.76. The van der Waals surface area contributed by atoms with Crippen LogP contribution in [0.4, 0.5) is 4.39 Å². The number of methoxy groups -OCH3 is 2. The number of carbonyl (C=O) groups excluding carboxylic acids is 1. The average Bonchev–Trinajstić information content (AvgIpc) is 3.76. The van der Waals surface area contributed by atoms with E-state index in [0.29, 0.717) is 30.3 Å². The summed E-state index contributed by atoms with van der Waals surface area (Å²) >= 11 is 0. The molecule has 202 valence electrons. The normalized spacial score (nSPS) is 14.2. The lowest BCUT2D eigenvalue weighted by Gasteiger charge is -2.25. The van der Waals surface area contributed by atoms with E-state index < -0.39 is 0 Å². The number of halogens is 1. The van der Waals surface area contributed by atoms with E-state index >= 15 is 0 Å². The van der Waals surface area contributed by atoms with Crippen LogP contribution < -0.4 is 9.47 Å². The fraction of sp³-hybridized carbons (Fsp3) is 0.424. The highest BCUT2D eigenvalue weighted by molar-refractivity contribution is 5.71. The van der Waals surface area contributed by atoms with Crippen LogP contribution in [0.3, 0.4) is 0 Å². The second-order valence-corrected chi connectivity index (χ2v) is 11.1. The number of hydrogen-bond acceptors (Lipinski definition) is 4. The van der Waals surface area contributed by atoms with Crippen molar-refractivity contribution in [3.05, 3.63) is 83.2 Å². The van der Waals surface area contributed by atoms with E-state index in [1.54, 1.807) is 19.2 Å². The van der Waals surface area contributed by atoms with Crippen molar-refractivity contribution in [3.63, 3.8) is 0 Å². The minimum absolute atomic E-state index is 0.0648. The number of esters is 1. The zero-order valence-electron chi connectivity index (χ0n) is 23.2. The number of ether oxygens (including phenoxy) is 3. The Bertz CT molecular complexity index is 1260. The van der Waals surface area contributed by atoms with Gasteiger partial charge < -0.3 is 14.2 Å². The summed E-state index contributed by atoms with van der Waals surface area (Å²) in [6.07, 6.45) is 4.50. The summed E-state index contributed by atoms with van der Waals surface area (Å²) in [6.45, 7) is 7.05. The molecule has 4 rings (SSSR count). The summed E-state index contributed by atoms with van der Waals surface area (Å²) in [5.41, 5.74) is 4.72. The van der Waals surface area contributed by atoms with Crippen LogP contribution in [0.15, 0.2) is 60.7 Å². The first-order valence-electron chi connectivity index (χ1n) is 13.5. The van der Waals surface area contributed by atoms with Gasteiger partial charge in [-0.25, -0.2) is 4.39 Å². The van der Waals surface area contributed by atoms with Crippen molar-refractivity contribution < 1.29 is 23.4 Å². The third kappa shape index (κ3) is 6.94. The molecule has 0 spiro atoms. The molecular formula is C33H39FO4. The van der Waals surface area contributed by atoms with Crippen molar-refractivity contribution in [2.45, 2.75) is 65.4 Å². The summed E-state index contributed by atoms with van der Waals surface area (Å²) in [6, 6.07) is 19.1. The predicted molar refractivity (Wildman–Crippen MR) is 149 cm³/mol. The second-order valence-electron chi connectivity index (χ2n) is 11.1. The molecule has 1 saturated carbocycles. The maximum absolute atomic E-state index is 14.9. The SMILES string of the molecule is CCC(C)(C)Cc1cc(COc2cccc(C(CC(=O)OC)C3CC3)c2)ccc1-c1cc(OC)ccc1F. The van der Waals surface area contributed by atoms with Crippen LogP contribution >= 0.6 is 0 Å². The molecule has 4 nitrogen and oxygen atoms in total. The first-order chi connectivity index (χ1) is 18.2. The van der Waals surface area contributed by atoms with Gasteiger partial charge in [-0.05, 0) is 89.1 Å². The minimum Gasteiger partial charge on any atom is -0.497 e. The molecule has 1 aliphatic carbocycles. The van der Waals surface area contributed by atoms with Gasteiger partial charge in [-0.2, -0.15) is 0 Å². The molecule has 1 unspecified atom stereocenters. The number of carbonyl (C=O) groups is 1. The fourth-order valence-electron chi connectivity index (χ4n) is 4.94. The van der Waals surface area contributed by atoms with Crippen LogP contribution in [0.2, 0.25) is 0 Å². The molecule has 0 heterocycles. The van der Waals surface area contributed by atoms with Crippen LogP contribution in [0.1, 0.15) is 69.1 Å². The zero-order chi connectivity index (χ0) is 27.3. The fourth-order valence-corrected chi connectivity index (χ4v) is 4.94. The Labute approximate surface area is 226 Å². The number of benzene rings is 3. The van der Waals surface area contributed by atoms with Gasteiger partial charge in [-0.3, -0.25) is 4.79 Å². The largest absolute Gasteiger partial charge is 0.497 e. The average molecular weight is 519 g/mol. The Hall–Kier alpha value is -3.34. The van der Waals surface area contributed by atoms with Gasteiger partial charge in [-0.15, -0.1) is 0 Å². The van der Waals surface area contributed by atoms with Gasteiger partial charge in [0.25, 0.3) is 0 Å². The molecule has 0 N–H and O–H groups in total. The van der Waals surface area contributed by atoms with Gasteiger partial charge in [0.05, 0.1) is 20.6 Å². The van der Waals surface area contributed by atoms with Crippen LogP contribution in [-0.2, 0) is 22.6 Å². The lowest BCUT2D eigenvalue weighted by atomic mass is 9.80. The minimum atomic E-state index is -0.264. The van der Waals surface area contributed by atoms with E-state index in [2.05, 4.69) is 32.9 Å². The molecule has 0 saturated heterocycles. The molecule has 1 fully saturated rings. The summed E-state index contributed by atoms with van der Waals surface area (Å²) in [5, 5.41) is 0. The van der Waals surface area contributed by atoms with Gasteiger partial charge in [0, 0.05) is 5.56 Å². The van der Waals surface area contributed by atoms with Crippen molar-refractivity contribution in [2.75, 3.05) is 14.2 Å². The van der Waals surface area contributed by atoms with Gasteiger partial charge in [0.1, 0.15) is 23.9 Å². The van der Waals surface area contributed by atoms with Crippen LogP contribution in [0, 0.1) is 17.2 Å². The highest BCUT2D eigenvalue weighted by Crippen LogP contribution is 2.45. The molecule has 0 bridgehead atoms. The van der Waals surface area contributed by atoms with Gasteiger partial charge in [0.2, 0.25) is 0 Å². The summed E-state index contributed by atoms with van der Waals surface area (Å²) < 4.78 is 31.4. The number of hydrogen-bond donors (Lipinski definition) is 0. The molecule has 38 heavy (non-hydrogen) atoms. The zero-order valence-corrected chi connectivity index (χ0v) is 23.2. The predicted octanol–water partition coefficient (Wildman–Crippen LogP) is 8.12. The van der Waals surface area contributed by atoms with Crippen LogP contribution in [-0.4, -0.2) is 20.2 Å². The van der Waals surface area contributed by atoms with Crippen molar-refractivity contribution in [1.82, 2.24) is 0 Å². The van der Waals surface area contributed by atoms with E-state index in [-0.39, 0.29) is 23.1 Å². The third-order valence-corrected chi connectivity index (χ3v) is 7.76. The van der Waals surface area contributed by atoms with Crippen LogP contribution in [0.5, 0.6) is 11.5 Å². The van der Waals surface area contributed by atoms with Crippen molar-refractivity contribution in [3.8, 4) is 22.6 Å². The Kier molecular flexibility index (Phi) is 8.76. The quantitative estimate of drug-likeness (QED) is 0.227. The summed E-state index contributed by atoms with van der Waals surface area (Å²) in [4.78, 5) is 12.0. The topological polar surface area (TPSA) is 44.8 Å². The molecule has 0 radical (unpaired) electrons. The summed E-state index contributed by atoms with van der Waals surface area (Å²) in [7, 11) is 3.03. The highest BCUT2D eigenvalue weighted by Gasteiger charge is 2.34. The Morgan fingerprint density at radius 1 is 1.00 bits per heavy atom. The first kappa shape index (κ1) is 27.7. The van der Waals surface area contributed by atoms with Gasteiger partial charge in [-0.1, -0.05) is 57.5 Å². The van der Waals surface area contributed by atoms with Crippen molar-refractivity contribution >= 4 is 5.97 Å². The molecule has 0 amide bonds. The molecule has 1 atom stereocenters. The maximum atomic E-state index is 14.9. The molecule has 1 aliphatic rings. The van der Waals surface area contributed by atoms with E-state index in [1.807, 2.05) is 30.3 Å². The number of rotatable bonds is 12. The lowest BCUT2D eigenvalue weighted by Crippen LogP contribution is -2.14. The standard InChI is InChI=1S/C33H39FO4/c1-6-33(2,3)20-25-16-22(10-14-28(25)30-18-26(36-4)13-15-31(30)34)21-38-27-9-7-8-24(17-27)29(23-11-12-23)19-32(35)37-5/h7-10,13-18,23,29H,6,11-12,19-21H2,1-5H3. The molecule has 3 aromatic carbocycles. The van der Waals surface area contributed by atoms with Crippen molar-refractivity contribution in [1.29, 1.82) is 0 Å². The Morgan fingerprint density at radius 2 is 1.79 bits per heavy atom. The Balaban J connectivity index is 1.58. The smallest absolute Gasteiger partial charge is 0.306 e. The molecule has 0 aliphatic heterocycles. The van der Waals surface area contributed by atoms with E-state index in [9.17, 15) is 9.18 Å². The second kappa shape index (κ2) is 12.0. The van der Waals surface area contributed by atoms with Gasteiger partial charge in [0.15, 0.2) is 0 Å². The van der Waals surface area contributed by atoms with Crippen LogP contribution in [0.25, 0.3) is 11.1 Å². The molecule has 0 aromatic heterocycles. The molecular weight excluding hydrogens is 479 g/mol.